The summed E-state index contributed by atoms with van der Waals surface area (Å²) in [5.74, 6) is 0.122. The first-order chi connectivity index (χ1) is 10.5. The lowest BCUT2D eigenvalue weighted by Crippen LogP contribution is -2.44. The molecule has 3 heteroatoms. The maximum atomic E-state index is 12.3. The molecule has 1 amide bonds. The first kappa shape index (κ1) is 16.2. The topological polar surface area (TPSA) is 46.3 Å². The quantitative estimate of drug-likeness (QED) is 0.920. The highest BCUT2D eigenvalue weighted by atomic mass is 16.2. The Hall–Kier alpha value is -2.13. The predicted octanol–water partition coefficient (Wildman–Crippen LogP) is 3.30. The molecule has 0 saturated heterocycles. The van der Waals surface area contributed by atoms with Crippen molar-refractivity contribution in [1.82, 2.24) is 4.90 Å². The van der Waals surface area contributed by atoms with E-state index < -0.39 is 6.04 Å². The smallest absolute Gasteiger partial charge is 0.239 e. The van der Waals surface area contributed by atoms with Crippen molar-refractivity contribution in [3.8, 4) is 11.1 Å². The van der Waals surface area contributed by atoms with E-state index in [-0.39, 0.29) is 11.8 Å². The second kappa shape index (κ2) is 7.23. The number of hydrogen-bond acceptors (Lipinski definition) is 2. The van der Waals surface area contributed by atoms with E-state index in [1.165, 1.54) is 0 Å². The molecule has 2 aromatic rings. The molecule has 0 aliphatic rings. The van der Waals surface area contributed by atoms with Crippen LogP contribution in [-0.4, -0.2) is 23.9 Å². The third kappa shape index (κ3) is 3.74. The molecule has 0 aliphatic heterocycles. The Kier molecular flexibility index (Phi) is 5.34. The molecule has 2 aromatic carbocycles. The van der Waals surface area contributed by atoms with Crippen LogP contribution in [0.5, 0.6) is 0 Å². The van der Waals surface area contributed by atoms with E-state index in [0.717, 1.165) is 16.7 Å². The molecule has 0 spiro atoms. The Labute approximate surface area is 132 Å². The fraction of sp³-hybridized carbons (Fsp3) is 0.316. The Bertz CT molecular complexity index is 622. The van der Waals surface area contributed by atoms with Gasteiger partial charge in [0, 0.05) is 13.6 Å². The standard InChI is InChI=1S/C19H24N2O/c1-14(2)18(20)19(22)21(3)13-16-11-7-8-12-17(16)15-9-5-4-6-10-15/h4-12,14,18H,13,20H2,1-3H3/t18-/m0/s1. The summed E-state index contributed by atoms with van der Waals surface area (Å²) in [5.41, 5.74) is 9.41. The summed E-state index contributed by atoms with van der Waals surface area (Å²) in [5, 5.41) is 0. The van der Waals surface area contributed by atoms with Crippen LogP contribution in [-0.2, 0) is 11.3 Å². The number of hydrogen-bond donors (Lipinski definition) is 1. The van der Waals surface area contributed by atoms with Crippen LogP contribution in [0.15, 0.2) is 54.6 Å². The molecular formula is C19H24N2O. The van der Waals surface area contributed by atoms with Crippen molar-refractivity contribution in [3.63, 3.8) is 0 Å². The molecule has 0 fully saturated rings. The van der Waals surface area contributed by atoms with Crippen molar-refractivity contribution in [1.29, 1.82) is 0 Å². The monoisotopic (exact) mass is 296 g/mol. The van der Waals surface area contributed by atoms with Gasteiger partial charge in [-0.1, -0.05) is 68.4 Å². The molecule has 0 unspecified atom stereocenters. The van der Waals surface area contributed by atoms with Crippen LogP contribution in [0.3, 0.4) is 0 Å². The minimum absolute atomic E-state index is 0.0159. The number of likely N-dealkylation sites (N-methyl/N-ethyl adjacent to an activating group) is 1. The number of carbonyl (C=O) groups is 1. The molecule has 1 atom stereocenters. The van der Waals surface area contributed by atoms with Crippen molar-refractivity contribution in [2.24, 2.45) is 11.7 Å². The number of carbonyl (C=O) groups excluding carboxylic acids is 1. The molecule has 0 aromatic heterocycles. The summed E-state index contributed by atoms with van der Waals surface area (Å²) in [6.07, 6.45) is 0. The largest absolute Gasteiger partial charge is 0.340 e. The SMILES string of the molecule is CC(C)[C@H](N)C(=O)N(C)Cc1ccccc1-c1ccccc1. The second-order valence-electron chi connectivity index (χ2n) is 5.99. The molecule has 0 aliphatic carbocycles. The van der Waals surface area contributed by atoms with E-state index in [0.29, 0.717) is 6.54 Å². The van der Waals surface area contributed by atoms with E-state index in [9.17, 15) is 4.79 Å². The fourth-order valence-electron chi connectivity index (χ4n) is 2.43. The molecule has 2 N–H and O–H groups in total. The molecule has 116 valence electrons. The van der Waals surface area contributed by atoms with Gasteiger partial charge in [0.05, 0.1) is 6.04 Å². The number of benzene rings is 2. The van der Waals surface area contributed by atoms with Gasteiger partial charge in [-0.15, -0.1) is 0 Å². The van der Waals surface area contributed by atoms with Gasteiger partial charge in [-0.3, -0.25) is 4.79 Å². The Morgan fingerprint density at radius 1 is 1.05 bits per heavy atom. The van der Waals surface area contributed by atoms with Gasteiger partial charge >= 0.3 is 0 Å². The van der Waals surface area contributed by atoms with E-state index >= 15 is 0 Å². The zero-order chi connectivity index (χ0) is 16.1. The van der Waals surface area contributed by atoms with Crippen molar-refractivity contribution in [2.75, 3.05) is 7.05 Å². The molecule has 3 nitrogen and oxygen atoms in total. The average Bonchev–Trinajstić information content (AvgIpc) is 2.54. The van der Waals surface area contributed by atoms with Crippen LogP contribution in [0, 0.1) is 5.92 Å². The summed E-state index contributed by atoms with van der Waals surface area (Å²) in [6.45, 7) is 4.49. The lowest BCUT2D eigenvalue weighted by atomic mass is 9.99. The normalized spacial score (nSPS) is 12.2. The molecule has 22 heavy (non-hydrogen) atoms. The minimum Gasteiger partial charge on any atom is -0.340 e. The van der Waals surface area contributed by atoms with Gasteiger partial charge in [0.1, 0.15) is 0 Å². The summed E-state index contributed by atoms with van der Waals surface area (Å²) in [7, 11) is 1.81. The van der Waals surface area contributed by atoms with Crippen LogP contribution >= 0.6 is 0 Å². The lowest BCUT2D eigenvalue weighted by Gasteiger charge is -2.24. The Morgan fingerprint density at radius 3 is 2.27 bits per heavy atom. The molecule has 2 rings (SSSR count). The first-order valence-electron chi connectivity index (χ1n) is 7.64. The zero-order valence-electron chi connectivity index (χ0n) is 13.5. The molecule has 0 radical (unpaired) electrons. The van der Waals surface area contributed by atoms with Gasteiger partial charge in [0.2, 0.25) is 5.91 Å². The highest BCUT2D eigenvalue weighted by molar-refractivity contribution is 5.82. The van der Waals surface area contributed by atoms with Gasteiger partial charge in [-0.2, -0.15) is 0 Å². The van der Waals surface area contributed by atoms with Gasteiger partial charge in [-0.05, 0) is 22.6 Å². The average molecular weight is 296 g/mol. The number of amides is 1. The highest BCUT2D eigenvalue weighted by Crippen LogP contribution is 2.24. The summed E-state index contributed by atoms with van der Waals surface area (Å²) < 4.78 is 0. The fourth-order valence-corrected chi connectivity index (χ4v) is 2.43. The third-order valence-corrected chi connectivity index (χ3v) is 3.89. The summed E-state index contributed by atoms with van der Waals surface area (Å²) in [4.78, 5) is 14.1. The first-order valence-corrected chi connectivity index (χ1v) is 7.64. The maximum Gasteiger partial charge on any atom is 0.239 e. The van der Waals surface area contributed by atoms with Crippen molar-refractivity contribution in [2.45, 2.75) is 26.4 Å². The summed E-state index contributed by atoms with van der Waals surface area (Å²) in [6, 6.07) is 17.9. The van der Waals surface area contributed by atoms with Crippen LogP contribution in [0.4, 0.5) is 0 Å². The summed E-state index contributed by atoms with van der Waals surface area (Å²) >= 11 is 0. The third-order valence-electron chi connectivity index (χ3n) is 3.89. The van der Waals surface area contributed by atoms with Gasteiger partial charge < -0.3 is 10.6 Å². The van der Waals surface area contributed by atoms with Gasteiger partial charge in [-0.25, -0.2) is 0 Å². The molecular weight excluding hydrogens is 272 g/mol. The van der Waals surface area contributed by atoms with Crippen LogP contribution in [0.1, 0.15) is 19.4 Å². The van der Waals surface area contributed by atoms with Gasteiger partial charge in [0.15, 0.2) is 0 Å². The van der Waals surface area contributed by atoms with E-state index in [1.54, 1.807) is 4.90 Å². The van der Waals surface area contributed by atoms with Crippen LogP contribution in [0.2, 0.25) is 0 Å². The molecule has 0 bridgehead atoms. The zero-order valence-corrected chi connectivity index (χ0v) is 13.5. The Morgan fingerprint density at radius 2 is 1.64 bits per heavy atom. The molecule has 0 heterocycles. The van der Waals surface area contributed by atoms with E-state index in [2.05, 4.69) is 24.3 Å². The van der Waals surface area contributed by atoms with E-state index in [4.69, 9.17) is 5.73 Å². The second-order valence-corrected chi connectivity index (χ2v) is 5.99. The maximum absolute atomic E-state index is 12.3. The number of nitrogens with zero attached hydrogens (tertiary/aromatic N) is 1. The Balaban J connectivity index is 2.22. The van der Waals surface area contributed by atoms with Crippen LogP contribution in [0.25, 0.3) is 11.1 Å². The lowest BCUT2D eigenvalue weighted by molar-refractivity contribution is -0.132. The number of nitrogens with two attached hydrogens (primary N) is 1. The minimum atomic E-state index is -0.450. The predicted molar refractivity (Wildman–Crippen MR) is 91.2 cm³/mol. The van der Waals surface area contributed by atoms with Gasteiger partial charge in [0.25, 0.3) is 0 Å². The molecule has 0 saturated carbocycles. The van der Waals surface area contributed by atoms with E-state index in [1.807, 2.05) is 51.2 Å². The highest BCUT2D eigenvalue weighted by Gasteiger charge is 2.21. The van der Waals surface area contributed by atoms with Crippen LogP contribution < -0.4 is 5.73 Å². The van der Waals surface area contributed by atoms with Crippen molar-refractivity contribution < 1.29 is 4.79 Å². The van der Waals surface area contributed by atoms with Crippen molar-refractivity contribution >= 4 is 5.91 Å². The number of rotatable bonds is 5. The van der Waals surface area contributed by atoms with Crippen molar-refractivity contribution in [3.05, 3.63) is 60.2 Å².